The molecule has 2 atom stereocenters. The molecule has 1 aromatic carbocycles. The molecule has 2 aliphatic heterocycles. The van der Waals surface area contributed by atoms with Crippen molar-refractivity contribution in [3.63, 3.8) is 0 Å². The van der Waals surface area contributed by atoms with Crippen LogP contribution < -0.4 is 5.32 Å². The lowest BCUT2D eigenvalue weighted by Crippen LogP contribution is -2.36. The molecule has 23 heavy (non-hydrogen) atoms. The molecular weight excluding hydrogens is 315 g/mol. The number of rotatable bonds is 2. The summed E-state index contributed by atoms with van der Waals surface area (Å²) in [5, 5.41) is 3.39. The Morgan fingerprint density at radius 2 is 1.91 bits per heavy atom. The van der Waals surface area contributed by atoms with E-state index in [1.54, 1.807) is 0 Å². The number of halogens is 2. The molecule has 1 amide bonds. The Hall–Kier alpha value is -1.13. The third-order valence-electron chi connectivity index (χ3n) is 5.88. The van der Waals surface area contributed by atoms with Gasteiger partial charge in [0, 0.05) is 12.5 Å². The molecule has 0 bridgehead atoms. The number of likely N-dealkylation sites (tertiary alicyclic amines) is 1. The number of carbonyl (C=O) groups is 1. The second kappa shape index (κ2) is 6.40. The summed E-state index contributed by atoms with van der Waals surface area (Å²) in [5.74, 6) is 0.361. The van der Waals surface area contributed by atoms with Crippen molar-refractivity contribution >= 4 is 18.3 Å². The maximum atomic E-state index is 13.1. The maximum absolute atomic E-state index is 13.1. The van der Waals surface area contributed by atoms with E-state index in [4.69, 9.17) is 0 Å². The maximum Gasteiger partial charge on any atom is 0.226 e. The van der Waals surface area contributed by atoms with Crippen LogP contribution in [-0.2, 0) is 4.79 Å². The Balaban J connectivity index is 0.00000156. The SMILES string of the molecule is Cl.O=C(C1CC12CCNCC2)N1CCCC1c1ccc(F)cc1. The van der Waals surface area contributed by atoms with Crippen LogP contribution in [0, 0.1) is 17.2 Å². The molecule has 3 aliphatic rings. The van der Waals surface area contributed by atoms with E-state index in [1.807, 2.05) is 12.1 Å². The van der Waals surface area contributed by atoms with Gasteiger partial charge >= 0.3 is 0 Å². The lowest BCUT2D eigenvalue weighted by Gasteiger charge is -2.28. The van der Waals surface area contributed by atoms with Gasteiger partial charge in [0.1, 0.15) is 5.82 Å². The summed E-state index contributed by atoms with van der Waals surface area (Å²) in [5.41, 5.74) is 1.37. The highest BCUT2D eigenvalue weighted by Gasteiger charge is 2.59. The number of hydrogen-bond acceptors (Lipinski definition) is 2. The zero-order chi connectivity index (χ0) is 15.2. The van der Waals surface area contributed by atoms with E-state index < -0.39 is 0 Å². The summed E-state index contributed by atoms with van der Waals surface area (Å²) in [7, 11) is 0. The first-order valence-electron chi connectivity index (χ1n) is 8.46. The Morgan fingerprint density at radius 1 is 1.22 bits per heavy atom. The van der Waals surface area contributed by atoms with E-state index in [9.17, 15) is 9.18 Å². The zero-order valence-electron chi connectivity index (χ0n) is 13.3. The van der Waals surface area contributed by atoms with Crippen molar-refractivity contribution < 1.29 is 9.18 Å². The fourth-order valence-electron chi connectivity index (χ4n) is 4.44. The second-order valence-electron chi connectivity index (χ2n) is 7.11. The molecule has 1 aromatic rings. The Bertz CT molecular complexity index is 571. The van der Waals surface area contributed by atoms with Crippen LogP contribution in [0.2, 0.25) is 0 Å². The van der Waals surface area contributed by atoms with Crippen molar-refractivity contribution in [3.05, 3.63) is 35.6 Å². The molecule has 3 fully saturated rings. The van der Waals surface area contributed by atoms with Crippen LogP contribution in [0.4, 0.5) is 4.39 Å². The topological polar surface area (TPSA) is 32.3 Å². The predicted molar refractivity (Wildman–Crippen MR) is 90.0 cm³/mol. The monoisotopic (exact) mass is 338 g/mol. The molecule has 2 unspecified atom stereocenters. The lowest BCUT2D eigenvalue weighted by molar-refractivity contribution is -0.134. The molecule has 5 heteroatoms. The molecule has 2 saturated heterocycles. The largest absolute Gasteiger partial charge is 0.335 e. The van der Waals surface area contributed by atoms with Gasteiger partial charge in [0.05, 0.1) is 6.04 Å². The van der Waals surface area contributed by atoms with Crippen molar-refractivity contribution in [2.75, 3.05) is 19.6 Å². The third-order valence-corrected chi connectivity index (χ3v) is 5.88. The van der Waals surface area contributed by atoms with Gasteiger partial charge in [0.25, 0.3) is 0 Å². The van der Waals surface area contributed by atoms with E-state index in [2.05, 4.69) is 10.2 Å². The van der Waals surface area contributed by atoms with Gasteiger partial charge in [-0.15, -0.1) is 12.4 Å². The summed E-state index contributed by atoms with van der Waals surface area (Å²) in [6.45, 7) is 2.95. The Labute approximate surface area is 143 Å². The summed E-state index contributed by atoms with van der Waals surface area (Å²) in [6.07, 6.45) is 5.39. The standard InChI is InChI=1S/C18H23FN2O.ClH/c19-14-5-3-13(4-6-14)16-2-1-11-21(16)17(22)15-12-18(15)7-9-20-10-8-18;/h3-6,15-16,20H,1-2,7-12H2;1H. The van der Waals surface area contributed by atoms with E-state index in [0.717, 1.165) is 57.3 Å². The molecule has 0 aromatic heterocycles. The Kier molecular flexibility index (Phi) is 4.65. The molecule has 4 rings (SSSR count). The van der Waals surface area contributed by atoms with Crippen LogP contribution in [0.25, 0.3) is 0 Å². The molecule has 1 aliphatic carbocycles. The van der Waals surface area contributed by atoms with E-state index in [-0.39, 0.29) is 35.6 Å². The van der Waals surface area contributed by atoms with Crippen LogP contribution in [-0.4, -0.2) is 30.4 Å². The average molecular weight is 339 g/mol. The first-order chi connectivity index (χ1) is 10.7. The number of carbonyl (C=O) groups excluding carboxylic acids is 1. The van der Waals surface area contributed by atoms with E-state index >= 15 is 0 Å². The van der Waals surface area contributed by atoms with Gasteiger partial charge in [0.2, 0.25) is 5.91 Å². The van der Waals surface area contributed by atoms with Crippen molar-refractivity contribution in [2.24, 2.45) is 11.3 Å². The highest BCUT2D eigenvalue weighted by atomic mass is 35.5. The normalized spacial score (nSPS) is 28.5. The van der Waals surface area contributed by atoms with E-state index in [0.29, 0.717) is 5.91 Å². The second-order valence-corrected chi connectivity index (χ2v) is 7.11. The minimum atomic E-state index is -0.213. The molecule has 0 radical (unpaired) electrons. The minimum absolute atomic E-state index is 0. The van der Waals surface area contributed by atoms with Gasteiger partial charge in [-0.25, -0.2) is 4.39 Å². The highest BCUT2D eigenvalue weighted by molar-refractivity contribution is 5.85. The zero-order valence-corrected chi connectivity index (χ0v) is 14.1. The van der Waals surface area contributed by atoms with Crippen molar-refractivity contribution in [1.82, 2.24) is 10.2 Å². The van der Waals surface area contributed by atoms with Crippen LogP contribution in [0.1, 0.15) is 43.7 Å². The molecule has 126 valence electrons. The number of amides is 1. The molecule has 1 spiro atoms. The molecule has 2 heterocycles. The number of nitrogens with zero attached hydrogens (tertiary/aromatic N) is 1. The molecule has 3 nitrogen and oxygen atoms in total. The lowest BCUT2D eigenvalue weighted by atomic mass is 9.91. The van der Waals surface area contributed by atoms with Gasteiger partial charge in [-0.3, -0.25) is 4.79 Å². The molecular formula is C18H24ClFN2O. The van der Waals surface area contributed by atoms with Gasteiger partial charge in [-0.1, -0.05) is 12.1 Å². The van der Waals surface area contributed by atoms with Crippen molar-refractivity contribution in [2.45, 2.75) is 38.1 Å². The van der Waals surface area contributed by atoms with Crippen LogP contribution in [0.3, 0.4) is 0 Å². The fourth-order valence-corrected chi connectivity index (χ4v) is 4.44. The van der Waals surface area contributed by atoms with Gasteiger partial charge in [0.15, 0.2) is 0 Å². The number of benzene rings is 1. The summed E-state index contributed by atoms with van der Waals surface area (Å²) >= 11 is 0. The molecule has 1 saturated carbocycles. The minimum Gasteiger partial charge on any atom is -0.335 e. The number of nitrogens with one attached hydrogen (secondary N) is 1. The third kappa shape index (κ3) is 2.99. The van der Waals surface area contributed by atoms with Crippen LogP contribution in [0.15, 0.2) is 24.3 Å². The highest BCUT2D eigenvalue weighted by Crippen LogP contribution is 2.59. The van der Waals surface area contributed by atoms with Crippen LogP contribution >= 0.6 is 12.4 Å². The fraction of sp³-hybridized carbons (Fsp3) is 0.611. The van der Waals surface area contributed by atoms with Crippen molar-refractivity contribution in [1.29, 1.82) is 0 Å². The summed E-state index contributed by atoms with van der Waals surface area (Å²) in [6, 6.07) is 6.81. The summed E-state index contributed by atoms with van der Waals surface area (Å²) < 4.78 is 13.1. The predicted octanol–water partition coefficient (Wildman–Crippen LogP) is 3.30. The smallest absolute Gasteiger partial charge is 0.226 e. The Morgan fingerprint density at radius 3 is 2.61 bits per heavy atom. The molecule has 1 N–H and O–H groups in total. The van der Waals surface area contributed by atoms with Gasteiger partial charge < -0.3 is 10.2 Å². The quantitative estimate of drug-likeness (QED) is 0.897. The van der Waals surface area contributed by atoms with Crippen LogP contribution in [0.5, 0.6) is 0 Å². The average Bonchev–Trinajstić information content (AvgIpc) is 3.00. The number of piperidine rings is 1. The summed E-state index contributed by atoms with van der Waals surface area (Å²) in [4.78, 5) is 15.0. The van der Waals surface area contributed by atoms with E-state index in [1.165, 1.54) is 12.1 Å². The first kappa shape index (κ1) is 16.7. The van der Waals surface area contributed by atoms with Gasteiger partial charge in [-0.2, -0.15) is 0 Å². The van der Waals surface area contributed by atoms with Gasteiger partial charge in [-0.05, 0) is 68.3 Å². The van der Waals surface area contributed by atoms with Crippen molar-refractivity contribution in [3.8, 4) is 0 Å². The first-order valence-corrected chi connectivity index (χ1v) is 8.46. The number of hydrogen-bond donors (Lipinski definition) is 1.